The molecule has 0 amide bonds. The first-order valence-corrected chi connectivity index (χ1v) is 7.31. The molecular weight excluding hydrogens is 261 g/mol. The average Bonchev–Trinajstić information content (AvgIpc) is 2.89. The first-order chi connectivity index (χ1) is 9.28. The lowest BCUT2D eigenvalue weighted by Crippen LogP contribution is -2.14. The van der Waals surface area contributed by atoms with Crippen molar-refractivity contribution in [3.8, 4) is 5.75 Å². The molecule has 0 aliphatic rings. The van der Waals surface area contributed by atoms with E-state index in [-0.39, 0.29) is 5.82 Å². The third-order valence-electron chi connectivity index (χ3n) is 2.65. The van der Waals surface area contributed by atoms with Gasteiger partial charge in [-0.05, 0) is 42.1 Å². The fourth-order valence-electron chi connectivity index (χ4n) is 1.76. The van der Waals surface area contributed by atoms with E-state index in [1.165, 1.54) is 6.07 Å². The quantitative estimate of drug-likeness (QED) is 0.774. The maximum absolute atomic E-state index is 13.5. The van der Waals surface area contributed by atoms with Crippen LogP contribution in [-0.4, -0.2) is 6.54 Å². The number of rotatable bonds is 7. The van der Waals surface area contributed by atoms with Crippen LogP contribution in [0.2, 0.25) is 0 Å². The smallest absolute Gasteiger partial charge is 0.127 e. The molecule has 0 spiro atoms. The number of thiophene rings is 1. The van der Waals surface area contributed by atoms with E-state index in [0.717, 1.165) is 23.4 Å². The summed E-state index contributed by atoms with van der Waals surface area (Å²) in [4.78, 5) is 1.13. The normalized spacial score (nSPS) is 10.6. The summed E-state index contributed by atoms with van der Waals surface area (Å²) in [7, 11) is 0. The first kappa shape index (κ1) is 14.0. The van der Waals surface area contributed by atoms with Gasteiger partial charge in [-0.25, -0.2) is 4.39 Å². The largest absolute Gasteiger partial charge is 0.488 e. The lowest BCUT2D eigenvalue weighted by molar-refractivity contribution is 0.307. The van der Waals surface area contributed by atoms with Gasteiger partial charge in [-0.2, -0.15) is 0 Å². The number of ether oxygens (including phenoxy) is 1. The lowest BCUT2D eigenvalue weighted by atomic mass is 10.2. The molecule has 2 aromatic rings. The monoisotopic (exact) mass is 279 g/mol. The molecular formula is C15H18FNOS. The van der Waals surface area contributed by atoms with Gasteiger partial charge in [0.2, 0.25) is 0 Å². The Morgan fingerprint density at radius 1 is 1.32 bits per heavy atom. The second-order valence-corrected chi connectivity index (χ2v) is 5.37. The highest BCUT2D eigenvalue weighted by Crippen LogP contribution is 2.19. The van der Waals surface area contributed by atoms with Crippen LogP contribution in [0.25, 0.3) is 0 Å². The van der Waals surface area contributed by atoms with Crippen LogP contribution in [-0.2, 0) is 13.2 Å². The van der Waals surface area contributed by atoms with E-state index < -0.39 is 0 Å². The van der Waals surface area contributed by atoms with E-state index in [2.05, 4.69) is 12.2 Å². The Balaban J connectivity index is 1.95. The molecule has 2 rings (SSSR count). The summed E-state index contributed by atoms with van der Waals surface area (Å²) in [6.45, 7) is 4.19. The van der Waals surface area contributed by atoms with Crippen molar-refractivity contribution in [2.45, 2.75) is 26.5 Å². The van der Waals surface area contributed by atoms with Crippen LogP contribution in [0.4, 0.5) is 4.39 Å². The van der Waals surface area contributed by atoms with Crippen molar-refractivity contribution in [3.05, 3.63) is 52.0 Å². The van der Waals surface area contributed by atoms with Gasteiger partial charge in [0.15, 0.2) is 0 Å². The van der Waals surface area contributed by atoms with Crippen molar-refractivity contribution < 1.29 is 9.13 Å². The van der Waals surface area contributed by atoms with Gasteiger partial charge in [0.25, 0.3) is 0 Å². The number of benzene rings is 1. The minimum atomic E-state index is -0.253. The van der Waals surface area contributed by atoms with Gasteiger partial charge in [-0.1, -0.05) is 13.0 Å². The van der Waals surface area contributed by atoms with Crippen molar-refractivity contribution in [1.82, 2.24) is 5.32 Å². The van der Waals surface area contributed by atoms with Crippen LogP contribution < -0.4 is 10.1 Å². The zero-order valence-corrected chi connectivity index (χ0v) is 11.8. The predicted molar refractivity (Wildman–Crippen MR) is 77.0 cm³/mol. The first-order valence-electron chi connectivity index (χ1n) is 6.43. The maximum atomic E-state index is 13.5. The Hall–Kier alpha value is -1.39. The minimum absolute atomic E-state index is 0.253. The molecule has 1 aromatic heterocycles. The third kappa shape index (κ3) is 4.65. The number of nitrogens with one attached hydrogen (secondary N) is 1. The molecule has 2 nitrogen and oxygen atoms in total. The van der Waals surface area contributed by atoms with Gasteiger partial charge >= 0.3 is 0 Å². The molecule has 0 aliphatic carbocycles. The van der Waals surface area contributed by atoms with Crippen LogP contribution >= 0.6 is 11.3 Å². The summed E-state index contributed by atoms with van der Waals surface area (Å²) < 4.78 is 19.1. The Morgan fingerprint density at radius 2 is 2.21 bits per heavy atom. The van der Waals surface area contributed by atoms with Gasteiger partial charge in [0.1, 0.15) is 18.2 Å². The average molecular weight is 279 g/mol. The summed E-state index contributed by atoms with van der Waals surface area (Å²) in [5.41, 5.74) is 0.912. The van der Waals surface area contributed by atoms with E-state index in [4.69, 9.17) is 4.74 Å². The van der Waals surface area contributed by atoms with E-state index in [9.17, 15) is 4.39 Å². The standard InChI is InChI=1S/C15H18FNOS/c1-2-5-17-10-12-7-13(16)9-14(8-12)18-11-15-4-3-6-19-15/h3-4,6-9,17H,2,5,10-11H2,1H3. The lowest BCUT2D eigenvalue weighted by Gasteiger charge is -2.08. The van der Waals surface area contributed by atoms with Crippen molar-refractivity contribution in [2.75, 3.05) is 6.54 Å². The number of hydrogen-bond acceptors (Lipinski definition) is 3. The Kier molecular flexibility index (Phi) is 5.36. The second kappa shape index (κ2) is 7.26. The molecule has 0 fully saturated rings. The van der Waals surface area contributed by atoms with Crippen molar-refractivity contribution in [2.24, 2.45) is 0 Å². The zero-order valence-electron chi connectivity index (χ0n) is 11.0. The van der Waals surface area contributed by atoms with E-state index in [1.807, 2.05) is 23.6 Å². The van der Waals surface area contributed by atoms with E-state index in [0.29, 0.717) is 18.9 Å². The summed E-state index contributed by atoms with van der Waals surface area (Å²) in [5, 5.41) is 5.26. The fourth-order valence-corrected chi connectivity index (χ4v) is 2.38. The molecule has 1 aromatic carbocycles. The molecule has 1 heterocycles. The van der Waals surface area contributed by atoms with E-state index in [1.54, 1.807) is 17.4 Å². The van der Waals surface area contributed by atoms with Gasteiger partial charge in [0.05, 0.1) is 0 Å². The Bertz CT molecular complexity index is 499. The molecule has 0 saturated carbocycles. The summed E-state index contributed by atoms with van der Waals surface area (Å²) in [5.74, 6) is 0.332. The SMILES string of the molecule is CCCNCc1cc(F)cc(OCc2cccs2)c1. The molecule has 102 valence electrons. The van der Waals surface area contributed by atoms with Gasteiger partial charge < -0.3 is 10.1 Å². The summed E-state index contributed by atoms with van der Waals surface area (Å²) in [6, 6.07) is 8.85. The van der Waals surface area contributed by atoms with Gasteiger partial charge in [-0.3, -0.25) is 0 Å². The van der Waals surface area contributed by atoms with Crippen LogP contribution in [0, 0.1) is 5.82 Å². The van der Waals surface area contributed by atoms with Gasteiger partial charge in [0, 0.05) is 17.5 Å². The van der Waals surface area contributed by atoms with Crippen molar-refractivity contribution in [1.29, 1.82) is 0 Å². The molecule has 0 unspecified atom stereocenters. The molecule has 1 N–H and O–H groups in total. The maximum Gasteiger partial charge on any atom is 0.127 e. The molecule has 0 bridgehead atoms. The summed E-state index contributed by atoms with van der Waals surface area (Å²) in [6.07, 6.45) is 1.07. The van der Waals surface area contributed by atoms with Crippen molar-refractivity contribution in [3.63, 3.8) is 0 Å². The van der Waals surface area contributed by atoms with Crippen molar-refractivity contribution >= 4 is 11.3 Å². The van der Waals surface area contributed by atoms with E-state index >= 15 is 0 Å². The molecule has 0 aliphatic heterocycles. The van der Waals surface area contributed by atoms with Gasteiger partial charge in [-0.15, -0.1) is 11.3 Å². The number of hydrogen-bond donors (Lipinski definition) is 1. The molecule has 4 heteroatoms. The van der Waals surface area contributed by atoms with Crippen LogP contribution in [0.1, 0.15) is 23.8 Å². The highest BCUT2D eigenvalue weighted by atomic mass is 32.1. The zero-order chi connectivity index (χ0) is 13.5. The second-order valence-electron chi connectivity index (χ2n) is 4.34. The summed E-state index contributed by atoms with van der Waals surface area (Å²) >= 11 is 1.64. The Morgan fingerprint density at radius 3 is 2.95 bits per heavy atom. The predicted octanol–water partition coefficient (Wildman–Crippen LogP) is 3.97. The van der Waals surface area contributed by atoms with Crippen LogP contribution in [0.5, 0.6) is 5.75 Å². The van der Waals surface area contributed by atoms with Crippen LogP contribution in [0.3, 0.4) is 0 Å². The highest BCUT2D eigenvalue weighted by Gasteiger charge is 2.03. The Labute approximate surface area is 117 Å². The molecule has 19 heavy (non-hydrogen) atoms. The molecule has 0 atom stereocenters. The fraction of sp³-hybridized carbons (Fsp3) is 0.333. The third-order valence-corrected chi connectivity index (χ3v) is 3.50. The molecule has 0 radical (unpaired) electrons. The van der Waals surface area contributed by atoms with Crippen LogP contribution in [0.15, 0.2) is 35.7 Å². The highest BCUT2D eigenvalue weighted by molar-refractivity contribution is 7.09. The minimum Gasteiger partial charge on any atom is -0.488 e. The number of halogens is 1. The molecule has 0 saturated heterocycles. The topological polar surface area (TPSA) is 21.3 Å².